The lowest BCUT2D eigenvalue weighted by molar-refractivity contribution is 0.261. The van der Waals surface area contributed by atoms with E-state index in [1.807, 2.05) is 38.4 Å². The van der Waals surface area contributed by atoms with Gasteiger partial charge < -0.3 is 14.7 Å². The number of aliphatic hydroxyl groups excluding tert-OH is 1. The molecule has 1 N–H and O–H groups in total. The number of ether oxygens (including phenoxy) is 1. The summed E-state index contributed by atoms with van der Waals surface area (Å²) in [4.78, 5) is 2.08. The molecule has 0 amide bonds. The lowest BCUT2D eigenvalue weighted by atomic mass is 9.92. The number of nitrogens with zero attached hydrogens (tertiary/aromatic N) is 1. The molecule has 21 heavy (non-hydrogen) atoms. The third-order valence-electron chi connectivity index (χ3n) is 3.73. The minimum atomic E-state index is 0.0476. The van der Waals surface area contributed by atoms with Crippen LogP contribution in [0.5, 0.6) is 5.75 Å². The highest BCUT2D eigenvalue weighted by Gasteiger charge is 2.15. The molecule has 0 fully saturated rings. The smallest absolute Gasteiger partial charge is 0.122 e. The largest absolute Gasteiger partial charge is 0.496 e. The molecule has 0 aliphatic heterocycles. The van der Waals surface area contributed by atoms with Gasteiger partial charge in [-0.2, -0.15) is 0 Å². The molecular formula is C18H23NO2. The molecule has 3 nitrogen and oxygen atoms in total. The Hall–Kier alpha value is -2.00. The van der Waals surface area contributed by atoms with E-state index in [2.05, 4.69) is 29.2 Å². The summed E-state index contributed by atoms with van der Waals surface area (Å²) >= 11 is 0. The van der Waals surface area contributed by atoms with Crippen molar-refractivity contribution in [2.45, 2.75) is 12.3 Å². The summed E-state index contributed by atoms with van der Waals surface area (Å²) in [5, 5.41) is 9.74. The van der Waals surface area contributed by atoms with Gasteiger partial charge in [0.05, 0.1) is 13.7 Å². The van der Waals surface area contributed by atoms with Crippen LogP contribution < -0.4 is 9.64 Å². The first-order chi connectivity index (χ1) is 10.2. The van der Waals surface area contributed by atoms with Crippen LogP contribution in [0.15, 0.2) is 48.5 Å². The second-order valence-corrected chi connectivity index (χ2v) is 5.39. The maximum Gasteiger partial charge on any atom is 0.122 e. The zero-order chi connectivity index (χ0) is 15.2. The molecule has 0 saturated heterocycles. The van der Waals surface area contributed by atoms with E-state index in [-0.39, 0.29) is 12.5 Å². The van der Waals surface area contributed by atoms with Gasteiger partial charge in [0.25, 0.3) is 0 Å². The maximum atomic E-state index is 9.74. The van der Waals surface area contributed by atoms with E-state index in [0.29, 0.717) is 0 Å². The van der Waals surface area contributed by atoms with Crippen molar-refractivity contribution >= 4 is 5.69 Å². The normalized spacial score (nSPS) is 12.0. The number of rotatable bonds is 6. The first-order valence-electron chi connectivity index (χ1n) is 7.15. The molecule has 2 aromatic carbocycles. The molecule has 0 aliphatic carbocycles. The van der Waals surface area contributed by atoms with Crippen molar-refractivity contribution in [1.29, 1.82) is 0 Å². The Morgan fingerprint density at radius 2 is 1.71 bits per heavy atom. The topological polar surface area (TPSA) is 32.7 Å². The summed E-state index contributed by atoms with van der Waals surface area (Å²) in [5.74, 6) is 0.882. The average molecular weight is 285 g/mol. The predicted molar refractivity (Wildman–Crippen MR) is 87.3 cm³/mol. The highest BCUT2D eigenvalue weighted by Crippen LogP contribution is 2.29. The Morgan fingerprint density at radius 1 is 1.05 bits per heavy atom. The third kappa shape index (κ3) is 3.76. The van der Waals surface area contributed by atoms with Crippen LogP contribution in [-0.4, -0.2) is 32.9 Å². The van der Waals surface area contributed by atoms with Crippen LogP contribution >= 0.6 is 0 Å². The quantitative estimate of drug-likeness (QED) is 0.885. The molecular weight excluding hydrogens is 262 g/mol. The number of aliphatic hydroxyl groups is 1. The minimum Gasteiger partial charge on any atom is -0.496 e. The Balaban J connectivity index is 2.19. The van der Waals surface area contributed by atoms with Crippen LogP contribution in [0.1, 0.15) is 17.0 Å². The van der Waals surface area contributed by atoms with Gasteiger partial charge >= 0.3 is 0 Å². The molecule has 0 aliphatic rings. The van der Waals surface area contributed by atoms with Gasteiger partial charge in [0.2, 0.25) is 0 Å². The Labute approximate surface area is 126 Å². The maximum absolute atomic E-state index is 9.74. The molecule has 0 spiro atoms. The number of hydrogen-bond acceptors (Lipinski definition) is 3. The van der Waals surface area contributed by atoms with E-state index in [0.717, 1.165) is 17.7 Å². The molecule has 0 aromatic heterocycles. The van der Waals surface area contributed by atoms with Crippen molar-refractivity contribution < 1.29 is 9.84 Å². The molecule has 0 bridgehead atoms. The molecule has 112 valence electrons. The van der Waals surface area contributed by atoms with Crippen molar-refractivity contribution in [3.05, 3.63) is 59.7 Å². The molecule has 0 saturated carbocycles. The van der Waals surface area contributed by atoms with Crippen molar-refractivity contribution in [2.75, 3.05) is 32.7 Å². The van der Waals surface area contributed by atoms with Gasteiger partial charge in [-0.15, -0.1) is 0 Å². The summed E-state index contributed by atoms with van der Waals surface area (Å²) < 4.78 is 5.40. The summed E-state index contributed by atoms with van der Waals surface area (Å²) in [6.07, 6.45) is 0.796. The van der Waals surface area contributed by atoms with E-state index in [9.17, 15) is 5.11 Å². The Bertz CT molecular complexity index is 564. The second-order valence-electron chi connectivity index (χ2n) is 5.39. The van der Waals surface area contributed by atoms with Crippen molar-refractivity contribution in [1.82, 2.24) is 0 Å². The van der Waals surface area contributed by atoms with E-state index in [1.165, 1.54) is 11.3 Å². The van der Waals surface area contributed by atoms with Gasteiger partial charge in [0.1, 0.15) is 5.75 Å². The molecule has 1 atom stereocenters. The Morgan fingerprint density at radius 3 is 2.29 bits per heavy atom. The van der Waals surface area contributed by atoms with Gasteiger partial charge in [-0.05, 0) is 35.7 Å². The van der Waals surface area contributed by atoms with E-state index in [4.69, 9.17) is 4.74 Å². The fourth-order valence-corrected chi connectivity index (χ4v) is 2.49. The summed E-state index contributed by atoms with van der Waals surface area (Å²) in [6.45, 7) is 0.107. The van der Waals surface area contributed by atoms with Gasteiger partial charge in [0, 0.05) is 25.7 Å². The van der Waals surface area contributed by atoms with E-state index >= 15 is 0 Å². The minimum absolute atomic E-state index is 0.0476. The number of anilines is 1. The summed E-state index contributed by atoms with van der Waals surface area (Å²) in [7, 11) is 5.72. The number of hydrogen-bond donors (Lipinski definition) is 1. The van der Waals surface area contributed by atoms with Crippen LogP contribution in [0.4, 0.5) is 5.69 Å². The lowest BCUT2D eigenvalue weighted by Gasteiger charge is -2.18. The van der Waals surface area contributed by atoms with Crippen LogP contribution in [0.3, 0.4) is 0 Å². The lowest BCUT2D eigenvalue weighted by Crippen LogP contribution is -2.10. The number of benzene rings is 2. The molecule has 3 heteroatoms. The van der Waals surface area contributed by atoms with E-state index < -0.39 is 0 Å². The van der Waals surface area contributed by atoms with Gasteiger partial charge in [0.15, 0.2) is 0 Å². The zero-order valence-electron chi connectivity index (χ0n) is 12.9. The van der Waals surface area contributed by atoms with Crippen molar-refractivity contribution in [2.24, 2.45) is 0 Å². The standard InChI is InChI=1S/C18H23NO2/c1-19(2)16-10-8-14(9-11-16)12-15(13-20)17-6-4-5-7-18(17)21-3/h4-11,15,20H,12-13H2,1-3H3. The fraction of sp³-hybridized carbons (Fsp3) is 0.333. The third-order valence-corrected chi connectivity index (χ3v) is 3.73. The van der Waals surface area contributed by atoms with Crippen molar-refractivity contribution in [3.8, 4) is 5.75 Å². The molecule has 2 rings (SSSR count). The van der Waals surface area contributed by atoms with Crippen LogP contribution in [0.25, 0.3) is 0 Å². The van der Waals surface area contributed by atoms with Gasteiger partial charge in [-0.3, -0.25) is 0 Å². The highest BCUT2D eigenvalue weighted by molar-refractivity contribution is 5.46. The first kappa shape index (κ1) is 15.4. The summed E-state index contributed by atoms with van der Waals surface area (Å²) in [6, 6.07) is 16.3. The van der Waals surface area contributed by atoms with Crippen LogP contribution in [0, 0.1) is 0 Å². The van der Waals surface area contributed by atoms with Gasteiger partial charge in [-0.25, -0.2) is 0 Å². The molecule has 0 heterocycles. The number of methoxy groups -OCH3 is 1. The van der Waals surface area contributed by atoms with Crippen LogP contribution in [0.2, 0.25) is 0 Å². The number of para-hydroxylation sites is 1. The first-order valence-corrected chi connectivity index (χ1v) is 7.15. The van der Waals surface area contributed by atoms with E-state index in [1.54, 1.807) is 7.11 Å². The molecule has 0 radical (unpaired) electrons. The zero-order valence-corrected chi connectivity index (χ0v) is 12.9. The van der Waals surface area contributed by atoms with Gasteiger partial charge in [-0.1, -0.05) is 30.3 Å². The average Bonchev–Trinajstić information content (AvgIpc) is 2.53. The monoisotopic (exact) mass is 285 g/mol. The van der Waals surface area contributed by atoms with Crippen molar-refractivity contribution in [3.63, 3.8) is 0 Å². The SMILES string of the molecule is COc1ccccc1C(CO)Cc1ccc(N(C)C)cc1. The molecule has 2 aromatic rings. The Kier molecular flexibility index (Phi) is 5.23. The summed E-state index contributed by atoms with van der Waals surface area (Å²) in [5.41, 5.74) is 3.45. The highest BCUT2D eigenvalue weighted by atomic mass is 16.5. The second kappa shape index (κ2) is 7.14. The molecule has 1 unspecified atom stereocenters. The van der Waals surface area contributed by atoms with Crippen LogP contribution in [-0.2, 0) is 6.42 Å². The predicted octanol–water partition coefficient (Wildman–Crippen LogP) is 3.08. The fourth-order valence-electron chi connectivity index (χ4n) is 2.49.